The summed E-state index contributed by atoms with van der Waals surface area (Å²) in [5, 5.41) is 0.398. The SMILES string of the molecule is C[C@H](OC(=O)c1ccc(Cl)c(N2CCCC2=O)c1)C(=O)N1CCc2ccccc21. The molecule has 0 unspecified atom stereocenters. The molecule has 0 radical (unpaired) electrons. The van der Waals surface area contributed by atoms with Crippen molar-refractivity contribution in [2.45, 2.75) is 32.3 Å². The van der Waals surface area contributed by atoms with Gasteiger partial charge in [-0.25, -0.2) is 4.79 Å². The van der Waals surface area contributed by atoms with Crippen LogP contribution in [0.3, 0.4) is 0 Å². The zero-order valence-electron chi connectivity index (χ0n) is 16.1. The van der Waals surface area contributed by atoms with Gasteiger partial charge in [-0.2, -0.15) is 0 Å². The number of hydrogen-bond donors (Lipinski definition) is 0. The van der Waals surface area contributed by atoms with Crippen molar-refractivity contribution in [1.82, 2.24) is 0 Å². The minimum atomic E-state index is -0.929. The third-order valence-electron chi connectivity index (χ3n) is 5.33. The molecule has 1 fully saturated rings. The number of carbonyl (C=O) groups is 3. The predicted molar refractivity (Wildman–Crippen MR) is 110 cm³/mol. The van der Waals surface area contributed by atoms with Crippen LogP contribution >= 0.6 is 11.6 Å². The molecule has 6 nitrogen and oxygen atoms in total. The summed E-state index contributed by atoms with van der Waals surface area (Å²) in [6.45, 7) is 2.71. The second-order valence-corrected chi connectivity index (χ2v) is 7.64. The molecular weight excluding hydrogens is 392 g/mol. The highest BCUT2D eigenvalue weighted by molar-refractivity contribution is 6.34. The highest BCUT2D eigenvalue weighted by atomic mass is 35.5. The van der Waals surface area contributed by atoms with Gasteiger partial charge in [-0.05, 0) is 49.6 Å². The van der Waals surface area contributed by atoms with Crippen molar-refractivity contribution in [2.75, 3.05) is 22.9 Å². The van der Waals surface area contributed by atoms with E-state index in [2.05, 4.69) is 0 Å². The summed E-state index contributed by atoms with van der Waals surface area (Å²) in [6, 6.07) is 12.4. The topological polar surface area (TPSA) is 66.9 Å². The number of carbonyl (C=O) groups excluding carboxylic acids is 3. The Balaban J connectivity index is 1.48. The largest absolute Gasteiger partial charge is 0.449 e. The highest BCUT2D eigenvalue weighted by Gasteiger charge is 2.30. The van der Waals surface area contributed by atoms with E-state index in [1.54, 1.807) is 28.9 Å². The summed E-state index contributed by atoms with van der Waals surface area (Å²) in [6.07, 6.45) is 1.08. The quantitative estimate of drug-likeness (QED) is 0.719. The van der Waals surface area contributed by atoms with Gasteiger partial charge < -0.3 is 14.5 Å². The molecule has 0 aromatic heterocycles. The lowest BCUT2D eigenvalue weighted by atomic mass is 10.2. The van der Waals surface area contributed by atoms with E-state index in [0.717, 1.165) is 24.1 Å². The number of hydrogen-bond acceptors (Lipinski definition) is 4. The van der Waals surface area contributed by atoms with Gasteiger partial charge in [0.05, 0.1) is 16.3 Å². The summed E-state index contributed by atoms with van der Waals surface area (Å²) < 4.78 is 5.43. The van der Waals surface area contributed by atoms with Crippen LogP contribution in [0.25, 0.3) is 0 Å². The Morgan fingerprint density at radius 3 is 2.62 bits per heavy atom. The van der Waals surface area contributed by atoms with Crippen molar-refractivity contribution in [3.8, 4) is 0 Å². The summed E-state index contributed by atoms with van der Waals surface area (Å²) in [7, 11) is 0. The minimum absolute atomic E-state index is 0.0198. The minimum Gasteiger partial charge on any atom is -0.449 e. The van der Waals surface area contributed by atoms with Crippen LogP contribution < -0.4 is 9.80 Å². The Labute approximate surface area is 174 Å². The number of nitrogens with zero attached hydrogens (tertiary/aromatic N) is 2. The number of fused-ring (bicyclic) bond motifs is 1. The molecule has 0 aliphatic carbocycles. The van der Waals surface area contributed by atoms with Crippen molar-refractivity contribution in [3.05, 3.63) is 58.6 Å². The number of benzene rings is 2. The molecule has 2 amide bonds. The summed E-state index contributed by atoms with van der Waals surface area (Å²) >= 11 is 6.23. The Kier molecular flexibility index (Phi) is 5.28. The first-order chi connectivity index (χ1) is 14.0. The molecule has 4 rings (SSSR count). The van der Waals surface area contributed by atoms with Crippen molar-refractivity contribution >= 4 is 40.8 Å². The van der Waals surface area contributed by atoms with Crippen LogP contribution in [-0.2, 0) is 20.7 Å². The molecule has 0 saturated carbocycles. The van der Waals surface area contributed by atoms with Gasteiger partial charge in [-0.1, -0.05) is 29.8 Å². The normalized spacial score (nSPS) is 16.7. The molecule has 0 spiro atoms. The highest BCUT2D eigenvalue weighted by Crippen LogP contribution is 2.31. The van der Waals surface area contributed by atoms with Gasteiger partial charge in [0.1, 0.15) is 0 Å². The van der Waals surface area contributed by atoms with Crippen LogP contribution in [0.4, 0.5) is 11.4 Å². The van der Waals surface area contributed by atoms with Crippen molar-refractivity contribution < 1.29 is 19.1 Å². The molecule has 2 heterocycles. The molecule has 1 saturated heterocycles. The molecule has 1 atom stereocenters. The van der Waals surface area contributed by atoms with Crippen LogP contribution in [0.1, 0.15) is 35.7 Å². The van der Waals surface area contributed by atoms with Crippen LogP contribution in [0.2, 0.25) is 5.02 Å². The van der Waals surface area contributed by atoms with E-state index in [1.807, 2.05) is 24.3 Å². The van der Waals surface area contributed by atoms with Crippen molar-refractivity contribution in [2.24, 2.45) is 0 Å². The van der Waals surface area contributed by atoms with E-state index in [4.69, 9.17) is 16.3 Å². The lowest BCUT2D eigenvalue weighted by Crippen LogP contribution is -2.39. The van der Waals surface area contributed by atoms with Gasteiger partial charge in [0, 0.05) is 25.2 Å². The average Bonchev–Trinajstić information content (AvgIpc) is 3.34. The van der Waals surface area contributed by atoms with E-state index < -0.39 is 12.1 Å². The Bertz CT molecular complexity index is 991. The first-order valence-electron chi connectivity index (χ1n) is 9.66. The monoisotopic (exact) mass is 412 g/mol. The second-order valence-electron chi connectivity index (χ2n) is 7.23. The number of anilines is 2. The molecule has 2 aromatic carbocycles. The fraction of sp³-hybridized carbons (Fsp3) is 0.318. The number of esters is 1. The van der Waals surface area contributed by atoms with E-state index in [1.165, 1.54) is 6.07 Å². The fourth-order valence-electron chi connectivity index (χ4n) is 3.81. The van der Waals surface area contributed by atoms with Crippen LogP contribution in [0.5, 0.6) is 0 Å². The first-order valence-corrected chi connectivity index (χ1v) is 10.0. The maximum Gasteiger partial charge on any atom is 0.338 e. The summed E-state index contributed by atoms with van der Waals surface area (Å²) in [5.41, 5.74) is 2.72. The van der Waals surface area contributed by atoms with Crippen LogP contribution in [-0.4, -0.2) is 37.0 Å². The number of para-hydroxylation sites is 1. The number of halogens is 1. The van der Waals surface area contributed by atoms with E-state index >= 15 is 0 Å². The number of amides is 2. The Morgan fingerprint density at radius 2 is 1.86 bits per heavy atom. The molecule has 0 N–H and O–H groups in total. The van der Waals surface area contributed by atoms with Crippen LogP contribution in [0, 0.1) is 0 Å². The fourth-order valence-corrected chi connectivity index (χ4v) is 4.03. The van der Waals surface area contributed by atoms with Crippen LogP contribution in [0.15, 0.2) is 42.5 Å². The molecular formula is C22H21ClN2O4. The molecule has 29 heavy (non-hydrogen) atoms. The van der Waals surface area contributed by atoms with Gasteiger partial charge in [-0.3, -0.25) is 9.59 Å². The smallest absolute Gasteiger partial charge is 0.338 e. The number of rotatable bonds is 4. The molecule has 150 valence electrons. The molecule has 2 aromatic rings. The van der Waals surface area contributed by atoms with Gasteiger partial charge in [-0.15, -0.1) is 0 Å². The second kappa shape index (κ2) is 7.87. The van der Waals surface area contributed by atoms with Crippen molar-refractivity contribution in [3.63, 3.8) is 0 Å². The van der Waals surface area contributed by atoms with Gasteiger partial charge in [0.2, 0.25) is 5.91 Å². The zero-order valence-corrected chi connectivity index (χ0v) is 16.8. The maximum absolute atomic E-state index is 12.8. The lowest BCUT2D eigenvalue weighted by molar-refractivity contribution is -0.126. The van der Waals surface area contributed by atoms with Crippen molar-refractivity contribution in [1.29, 1.82) is 0 Å². The van der Waals surface area contributed by atoms with Gasteiger partial charge in [0.15, 0.2) is 6.10 Å². The molecule has 2 aliphatic heterocycles. The average molecular weight is 413 g/mol. The Morgan fingerprint density at radius 1 is 1.07 bits per heavy atom. The third-order valence-corrected chi connectivity index (χ3v) is 5.65. The summed E-state index contributed by atoms with van der Waals surface area (Å²) in [5.74, 6) is -0.899. The van der Waals surface area contributed by atoms with Gasteiger partial charge >= 0.3 is 5.97 Å². The molecule has 2 aliphatic rings. The van der Waals surface area contributed by atoms with E-state index in [-0.39, 0.29) is 17.4 Å². The third kappa shape index (κ3) is 3.72. The van der Waals surface area contributed by atoms with Gasteiger partial charge in [0.25, 0.3) is 5.91 Å². The molecule has 7 heteroatoms. The van der Waals surface area contributed by atoms with E-state index in [0.29, 0.717) is 30.2 Å². The maximum atomic E-state index is 12.8. The molecule has 0 bridgehead atoms. The first kappa shape index (κ1) is 19.5. The Hall–Kier alpha value is -2.86. The standard InChI is InChI=1S/C22H21ClN2O4/c1-14(21(27)25-12-10-15-5-2-3-6-18(15)25)29-22(28)16-8-9-17(23)19(13-16)24-11-4-7-20(24)26/h2-3,5-6,8-9,13-14H,4,7,10-12H2,1H3/t14-/m0/s1. The zero-order chi connectivity index (χ0) is 20.5. The lowest BCUT2D eigenvalue weighted by Gasteiger charge is -2.22. The number of ether oxygens (including phenoxy) is 1. The predicted octanol–water partition coefficient (Wildman–Crippen LogP) is 3.60. The summed E-state index contributed by atoms with van der Waals surface area (Å²) in [4.78, 5) is 40.7. The van der Waals surface area contributed by atoms with E-state index in [9.17, 15) is 14.4 Å².